The van der Waals surface area contributed by atoms with E-state index in [9.17, 15) is 0 Å². The van der Waals surface area contributed by atoms with E-state index in [1.54, 1.807) is 0 Å². The molecule has 0 aliphatic rings. The molecule has 2 nitrogen and oxygen atoms in total. The van der Waals surface area contributed by atoms with Gasteiger partial charge in [0.15, 0.2) is 0 Å². The summed E-state index contributed by atoms with van der Waals surface area (Å²) in [5, 5.41) is 0. The molecule has 0 aliphatic carbocycles. The van der Waals surface area contributed by atoms with Gasteiger partial charge in [0.25, 0.3) is 0 Å². The van der Waals surface area contributed by atoms with E-state index < -0.39 is 16.0 Å². The van der Waals surface area contributed by atoms with Gasteiger partial charge in [0.05, 0.1) is 0 Å². The number of hydrogen-bond donors (Lipinski definition) is 0. The van der Waals surface area contributed by atoms with Crippen LogP contribution in [0.3, 0.4) is 0 Å². The maximum Gasteiger partial charge on any atom is 1.00 e. The molecule has 0 amide bonds. The van der Waals surface area contributed by atoms with Gasteiger partial charge in [0.1, 0.15) is 0 Å². The maximum absolute atomic E-state index is 8.47. The van der Waals surface area contributed by atoms with Gasteiger partial charge in [-0.05, 0) is 0 Å². The van der Waals surface area contributed by atoms with Crippen LogP contribution in [0.25, 0.3) is 0 Å². The number of hydrogen-bond acceptors (Lipinski definition) is 2. The Kier molecular flexibility index (Phi) is 19.9. The zero-order valence-corrected chi connectivity index (χ0v) is 6.14. The molecule has 0 heterocycles. The fourth-order valence-corrected chi connectivity index (χ4v) is 0. The van der Waals surface area contributed by atoms with Crippen molar-refractivity contribution in [3.05, 3.63) is 0 Å². The molecule has 0 aromatic rings. The Morgan fingerprint density at radius 2 is 1.75 bits per heavy atom. The average molecular weight is 130 g/mol. The van der Waals surface area contributed by atoms with Gasteiger partial charge in [-0.2, -0.15) is 0 Å². The molecule has 0 bridgehead atoms. The van der Waals surface area contributed by atoms with Gasteiger partial charge in [-0.3, -0.25) is 0 Å². The first-order valence-electron chi connectivity index (χ1n) is 0.365. The van der Waals surface area contributed by atoms with E-state index in [0.717, 1.165) is 0 Å². The molecule has 0 atom stereocenters. The predicted octanol–water partition coefficient (Wildman–Crippen LogP) is -4.68. The summed E-state index contributed by atoms with van der Waals surface area (Å²) in [4.78, 5) is 0. The van der Waals surface area contributed by atoms with Crippen LogP contribution in [-0.4, -0.2) is 16.0 Å². The quantitative estimate of drug-likeness (QED) is 0.309. The Labute approximate surface area is 53.1 Å². The van der Waals surface area contributed by atoms with Gasteiger partial charge in [-0.1, -0.05) is 0 Å². The molecule has 4 heavy (non-hydrogen) atoms. The van der Waals surface area contributed by atoms with Crippen molar-refractivity contribution in [1.29, 1.82) is 0 Å². The molecule has 0 fully saturated rings. The molecule has 0 N–H and O–H groups in total. The minimum atomic E-state index is -1.81. The molecule has 0 radical (unpaired) electrons. The van der Waals surface area contributed by atoms with E-state index >= 15 is 0 Å². The summed E-state index contributed by atoms with van der Waals surface area (Å²) < 4.78 is 16.9. The van der Waals surface area contributed by atoms with Crippen LogP contribution >= 0.6 is 0 Å². The van der Waals surface area contributed by atoms with Gasteiger partial charge < -0.3 is 0 Å². The average Bonchev–Trinajstić information content (AvgIpc) is 0.918. The van der Waals surface area contributed by atoms with Crippen LogP contribution in [-0.2, 0) is 3.74 Å². The molecule has 0 spiro atoms. The van der Waals surface area contributed by atoms with Crippen LogP contribution in [0.1, 0.15) is 0 Å². The first-order chi connectivity index (χ1) is 1.41. The van der Waals surface area contributed by atoms with Crippen molar-refractivity contribution in [3.63, 3.8) is 0 Å². The van der Waals surface area contributed by atoms with Crippen molar-refractivity contribution in [1.82, 2.24) is 0 Å². The first kappa shape index (κ1) is 9.01. The standard InChI is InChI=1S/AsHO2.Na/c2-1-3;/h(H,2,3);/q;+1/p-1. The summed E-state index contributed by atoms with van der Waals surface area (Å²) >= 11 is -1.81. The summed E-state index contributed by atoms with van der Waals surface area (Å²) in [5.41, 5.74) is 0. The molecule has 0 aliphatic heterocycles. The second-order valence-electron chi connectivity index (χ2n) is 0.0745. The third kappa shape index (κ3) is 10.3. The van der Waals surface area contributed by atoms with E-state index in [0.29, 0.717) is 0 Å². The van der Waals surface area contributed by atoms with Crippen molar-refractivity contribution < 1.29 is 37.4 Å². The third-order valence-corrected chi connectivity index (χ3v) is 0. The molecule has 0 saturated heterocycles. The van der Waals surface area contributed by atoms with Crippen LogP contribution < -0.4 is 33.7 Å². The predicted molar refractivity (Wildman–Crippen MR) is 6.44 cm³/mol. The summed E-state index contributed by atoms with van der Waals surface area (Å²) in [5.74, 6) is 0. The normalized spacial score (nSPS) is 5.25. The van der Waals surface area contributed by atoms with E-state index in [1.807, 2.05) is 0 Å². The Morgan fingerprint density at radius 1 is 1.75 bits per heavy atom. The Hall–Kier alpha value is 1.32. The molecular weight excluding hydrogens is 130 g/mol. The van der Waals surface area contributed by atoms with Crippen molar-refractivity contribution >= 4 is 16.0 Å². The Balaban J connectivity index is 0. The summed E-state index contributed by atoms with van der Waals surface area (Å²) in [7, 11) is 0. The van der Waals surface area contributed by atoms with Crippen molar-refractivity contribution in [3.8, 4) is 0 Å². The smallest absolute Gasteiger partial charge is 1.00 e. The summed E-state index contributed by atoms with van der Waals surface area (Å²) in [6.07, 6.45) is 0. The largest absolute Gasteiger partial charge is 1.00 e. The topological polar surface area (TPSA) is 40.1 Å². The fraction of sp³-hybridized carbons (Fsp3) is 0. The molecule has 0 aromatic heterocycles. The second kappa shape index (κ2) is 8.85. The molecule has 0 saturated carbocycles. The summed E-state index contributed by atoms with van der Waals surface area (Å²) in [6, 6.07) is 0. The van der Waals surface area contributed by atoms with Gasteiger partial charge in [0, 0.05) is 0 Å². The molecule has 0 unspecified atom stereocenters. The summed E-state index contributed by atoms with van der Waals surface area (Å²) in [6.45, 7) is 0. The first-order valence-corrected chi connectivity index (χ1v) is 1.90. The van der Waals surface area contributed by atoms with Gasteiger partial charge in [-0.15, -0.1) is 0 Å². The fourth-order valence-electron chi connectivity index (χ4n) is 0. The third-order valence-electron chi connectivity index (χ3n) is 0. The van der Waals surface area contributed by atoms with Crippen LogP contribution in [0.4, 0.5) is 0 Å². The molecular formula is AsNaO2. The SMILES string of the molecule is O=[As][O-].[Na+]. The van der Waals surface area contributed by atoms with Gasteiger partial charge in [0.2, 0.25) is 0 Å². The second-order valence-corrected chi connectivity index (χ2v) is 0.387. The van der Waals surface area contributed by atoms with Crippen LogP contribution in [0.5, 0.6) is 0 Å². The van der Waals surface area contributed by atoms with Crippen LogP contribution in [0.15, 0.2) is 0 Å². The van der Waals surface area contributed by atoms with Crippen molar-refractivity contribution in [2.75, 3.05) is 0 Å². The van der Waals surface area contributed by atoms with Crippen LogP contribution in [0.2, 0.25) is 0 Å². The van der Waals surface area contributed by atoms with E-state index in [1.165, 1.54) is 0 Å². The molecule has 4 heteroatoms. The zero-order chi connectivity index (χ0) is 2.71. The Morgan fingerprint density at radius 3 is 1.75 bits per heavy atom. The zero-order valence-electron chi connectivity index (χ0n) is 2.26. The Bertz CT molecular complexity index is 13.5. The van der Waals surface area contributed by atoms with Gasteiger partial charge in [-0.25, -0.2) is 0 Å². The molecule has 18 valence electrons. The molecule has 0 aromatic carbocycles. The minimum Gasteiger partial charge on any atom is 1.00 e. The van der Waals surface area contributed by atoms with E-state index in [2.05, 4.69) is 0 Å². The minimum absolute atomic E-state index is 0. The maximum atomic E-state index is 8.47. The van der Waals surface area contributed by atoms with E-state index in [4.69, 9.17) is 7.84 Å². The van der Waals surface area contributed by atoms with Crippen molar-refractivity contribution in [2.45, 2.75) is 0 Å². The number of rotatable bonds is 0. The van der Waals surface area contributed by atoms with Crippen LogP contribution in [0, 0.1) is 0 Å². The van der Waals surface area contributed by atoms with Crippen molar-refractivity contribution in [2.24, 2.45) is 0 Å². The van der Waals surface area contributed by atoms with E-state index in [-0.39, 0.29) is 29.6 Å². The van der Waals surface area contributed by atoms with Gasteiger partial charge >= 0.3 is 53.4 Å². The monoisotopic (exact) mass is 130 g/mol. The molecule has 0 rings (SSSR count).